The number of nitrogens with zero attached hydrogens (tertiary/aromatic N) is 1. The Morgan fingerprint density at radius 2 is 1.88 bits per heavy atom. The quantitative estimate of drug-likeness (QED) is 0.340. The summed E-state index contributed by atoms with van der Waals surface area (Å²) in [5, 5.41) is 2.79. The number of hydrogen-bond donors (Lipinski definition) is 0. The normalized spacial score (nSPS) is 9.69. The predicted molar refractivity (Wildman–Crippen MR) is 57.9 cm³/mol. The highest BCUT2D eigenvalue weighted by Gasteiger charge is 2.14. The van der Waals surface area contributed by atoms with Crippen LogP contribution in [0.4, 0.5) is 5.69 Å². The standard InChI is InChI=1S/C11H11NO4/c1-6-4-11(16-8(3)14)9(7(2)13)5-10(6)12-15/h4-5H,1-3H3. The summed E-state index contributed by atoms with van der Waals surface area (Å²) < 4.78 is 4.88. The van der Waals surface area contributed by atoms with Crippen LogP contribution in [0.3, 0.4) is 0 Å². The summed E-state index contributed by atoms with van der Waals surface area (Å²) in [5.74, 6) is -0.653. The van der Waals surface area contributed by atoms with Gasteiger partial charge in [0.25, 0.3) is 0 Å². The van der Waals surface area contributed by atoms with E-state index in [1.54, 1.807) is 6.92 Å². The number of benzene rings is 1. The predicted octanol–water partition coefficient (Wildman–Crippen LogP) is 2.52. The van der Waals surface area contributed by atoms with Gasteiger partial charge >= 0.3 is 5.97 Å². The summed E-state index contributed by atoms with van der Waals surface area (Å²) in [6.07, 6.45) is 0. The molecule has 0 unspecified atom stereocenters. The smallest absolute Gasteiger partial charge is 0.308 e. The number of ether oxygens (including phenoxy) is 1. The minimum absolute atomic E-state index is 0.157. The van der Waals surface area contributed by atoms with Gasteiger partial charge in [-0.2, -0.15) is 0 Å². The van der Waals surface area contributed by atoms with E-state index in [4.69, 9.17) is 4.74 Å². The SMILES string of the molecule is CC(=O)Oc1cc(C)c(N=O)cc1C(C)=O. The molecule has 1 aromatic carbocycles. The molecule has 0 saturated heterocycles. The number of rotatable bonds is 3. The molecule has 0 aromatic heterocycles. The largest absolute Gasteiger partial charge is 0.426 e. The first kappa shape index (κ1) is 12.0. The third-order valence-electron chi connectivity index (χ3n) is 2.03. The Balaban J connectivity index is 3.35. The summed E-state index contributed by atoms with van der Waals surface area (Å²) in [6.45, 7) is 4.21. The van der Waals surface area contributed by atoms with Crippen LogP contribution < -0.4 is 4.74 Å². The van der Waals surface area contributed by atoms with Crippen LogP contribution in [-0.4, -0.2) is 11.8 Å². The van der Waals surface area contributed by atoms with Gasteiger partial charge in [-0.3, -0.25) is 9.59 Å². The topological polar surface area (TPSA) is 72.8 Å². The second kappa shape index (κ2) is 4.65. The summed E-state index contributed by atoms with van der Waals surface area (Å²) in [7, 11) is 0. The molecule has 16 heavy (non-hydrogen) atoms. The Morgan fingerprint density at radius 3 is 2.31 bits per heavy atom. The molecule has 0 N–H and O–H groups in total. The summed E-state index contributed by atoms with van der Waals surface area (Å²) in [4.78, 5) is 32.6. The maximum absolute atomic E-state index is 11.3. The molecular weight excluding hydrogens is 210 g/mol. The average Bonchev–Trinajstić information content (AvgIpc) is 2.16. The van der Waals surface area contributed by atoms with Crippen molar-refractivity contribution in [2.75, 3.05) is 0 Å². The fourth-order valence-electron chi connectivity index (χ4n) is 1.28. The molecule has 1 rings (SSSR count). The van der Waals surface area contributed by atoms with E-state index >= 15 is 0 Å². The molecule has 5 nitrogen and oxygen atoms in total. The molecule has 0 saturated carbocycles. The zero-order valence-corrected chi connectivity index (χ0v) is 9.23. The molecule has 0 fully saturated rings. The highest BCUT2D eigenvalue weighted by Crippen LogP contribution is 2.29. The van der Waals surface area contributed by atoms with Gasteiger partial charge in [-0.25, -0.2) is 0 Å². The fourth-order valence-corrected chi connectivity index (χ4v) is 1.28. The van der Waals surface area contributed by atoms with E-state index in [1.807, 2.05) is 0 Å². The highest BCUT2D eigenvalue weighted by atomic mass is 16.5. The Bertz CT molecular complexity index is 465. The van der Waals surface area contributed by atoms with Gasteiger partial charge in [0.05, 0.1) is 5.56 Å². The molecular formula is C11H11NO4. The third kappa shape index (κ3) is 2.50. The number of hydrogen-bond acceptors (Lipinski definition) is 5. The lowest BCUT2D eigenvalue weighted by atomic mass is 10.1. The van der Waals surface area contributed by atoms with Gasteiger partial charge in [0.15, 0.2) is 5.78 Å². The maximum atomic E-state index is 11.3. The van der Waals surface area contributed by atoms with Crippen molar-refractivity contribution in [3.63, 3.8) is 0 Å². The monoisotopic (exact) mass is 221 g/mol. The number of Topliss-reactive ketones (excluding diaryl/α,β-unsaturated/α-hetero) is 1. The first-order valence-electron chi connectivity index (χ1n) is 4.63. The number of esters is 1. The number of nitroso groups, excluding NO2 is 1. The van der Waals surface area contributed by atoms with E-state index in [9.17, 15) is 14.5 Å². The van der Waals surface area contributed by atoms with Gasteiger partial charge in [0.1, 0.15) is 11.4 Å². The minimum atomic E-state index is -0.520. The van der Waals surface area contributed by atoms with Gasteiger partial charge in [0.2, 0.25) is 0 Å². The summed E-state index contributed by atoms with van der Waals surface area (Å²) in [5.41, 5.74) is 0.896. The van der Waals surface area contributed by atoms with Crippen LogP contribution >= 0.6 is 0 Å². The molecule has 0 spiro atoms. The third-order valence-corrected chi connectivity index (χ3v) is 2.03. The van der Waals surface area contributed by atoms with Gasteiger partial charge < -0.3 is 4.74 Å². The minimum Gasteiger partial charge on any atom is -0.426 e. The second-order valence-corrected chi connectivity index (χ2v) is 3.38. The van der Waals surface area contributed by atoms with Crippen molar-refractivity contribution in [2.45, 2.75) is 20.8 Å². The van der Waals surface area contributed by atoms with Gasteiger partial charge in [-0.05, 0) is 36.7 Å². The zero-order chi connectivity index (χ0) is 12.3. The lowest BCUT2D eigenvalue weighted by molar-refractivity contribution is -0.131. The molecule has 5 heteroatoms. The van der Waals surface area contributed by atoms with E-state index < -0.39 is 5.97 Å². The zero-order valence-electron chi connectivity index (χ0n) is 9.23. The van der Waals surface area contributed by atoms with Crippen LogP contribution in [-0.2, 0) is 4.79 Å². The van der Waals surface area contributed by atoms with E-state index in [-0.39, 0.29) is 22.8 Å². The molecule has 1 aromatic rings. The molecule has 0 atom stereocenters. The van der Waals surface area contributed by atoms with E-state index in [0.717, 1.165) is 0 Å². The van der Waals surface area contributed by atoms with E-state index in [0.29, 0.717) is 5.56 Å². The molecule has 0 heterocycles. The van der Waals surface area contributed by atoms with Crippen molar-refractivity contribution in [1.29, 1.82) is 0 Å². The van der Waals surface area contributed by atoms with Crippen molar-refractivity contribution < 1.29 is 14.3 Å². The fraction of sp³-hybridized carbons (Fsp3) is 0.273. The average molecular weight is 221 g/mol. The lowest BCUT2D eigenvalue weighted by Crippen LogP contribution is -2.06. The van der Waals surface area contributed by atoms with Crippen molar-refractivity contribution in [1.82, 2.24) is 0 Å². The molecule has 0 radical (unpaired) electrons. The van der Waals surface area contributed by atoms with E-state index in [1.165, 1.54) is 26.0 Å². The molecule has 0 amide bonds. The highest BCUT2D eigenvalue weighted by molar-refractivity contribution is 5.98. The number of carbonyl (C=O) groups is 2. The van der Waals surface area contributed by atoms with Crippen LogP contribution in [0, 0.1) is 11.8 Å². The van der Waals surface area contributed by atoms with Gasteiger partial charge in [0, 0.05) is 6.92 Å². The first-order chi connectivity index (χ1) is 7.45. The van der Waals surface area contributed by atoms with Crippen LogP contribution in [0.1, 0.15) is 29.8 Å². The Kier molecular flexibility index (Phi) is 3.50. The van der Waals surface area contributed by atoms with Crippen molar-refractivity contribution in [3.05, 3.63) is 28.2 Å². The van der Waals surface area contributed by atoms with Crippen molar-refractivity contribution in [3.8, 4) is 5.75 Å². The Hall–Kier alpha value is -2.04. The Labute approximate surface area is 92.4 Å². The molecule has 0 bridgehead atoms. The Morgan fingerprint density at radius 1 is 1.25 bits per heavy atom. The number of carbonyl (C=O) groups excluding carboxylic acids is 2. The van der Waals surface area contributed by atoms with Gasteiger partial charge in [-0.1, -0.05) is 0 Å². The second-order valence-electron chi connectivity index (χ2n) is 3.38. The number of aryl methyl sites for hydroxylation is 1. The lowest BCUT2D eigenvalue weighted by Gasteiger charge is -2.08. The first-order valence-corrected chi connectivity index (χ1v) is 4.63. The van der Waals surface area contributed by atoms with Gasteiger partial charge in [-0.15, -0.1) is 4.91 Å². The maximum Gasteiger partial charge on any atom is 0.308 e. The van der Waals surface area contributed by atoms with Crippen LogP contribution in [0.15, 0.2) is 17.3 Å². The molecule has 0 aliphatic carbocycles. The number of ketones is 1. The van der Waals surface area contributed by atoms with Crippen LogP contribution in [0.25, 0.3) is 0 Å². The summed E-state index contributed by atoms with van der Waals surface area (Å²) >= 11 is 0. The molecule has 0 aliphatic rings. The van der Waals surface area contributed by atoms with Crippen LogP contribution in [0.2, 0.25) is 0 Å². The van der Waals surface area contributed by atoms with Crippen molar-refractivity contribution >= 4 is 17.4 Å². The van der Waals surface area contributed by atoms with Crippen molar-refractivity contribution in [2.24, 2.45) is 5.18 Å². The van der Waals surface area contributed by atoms with Crippen LogP contribution in [0.5, 0.6) is 5.75 Å². The molecule has 84 valence electrons. The summed E-state index contributed by atoms with van der Waals surface area (Å²) in [6, 6.07) is 2.78. The van der Waals surface area contributed by atoms with E-state index in [2.05, 4.69) is 5.18 Å². The molecule has 0 aliphatic heterocycles.